The minimum atomic E-state index is 0. The Morgan fingerprint density at radius 2 is 1.09 bits per heavy atom. The van der Waals surface area contributed by atoms with Gasteiger partial charge < -0.3 is 14.9 Å². The van der Waals surface area contributed by atoms with Gasteiger partial charge in [-0.25, -0.2) is 0 Å². The van der Waals surface area contributed by atoms with E-state index in [1.54, 1.807) is 0 Å². The minimum Gasteiger partial charge on any atom is -0.358 e. The Labute approximate surface area is 86.0 Å². The Hall–Kier alpha value is 0.168. The van der Waals surface area contributed by atoms with Crippen molar-refractivity contribution in [1.29, 1.82) is 0 Å². The molecule has 0 aromatic rings. The maximum absolute atomic E-state index is 2.23. The Morgan fingerprint density at radius 3 is 1.45 bits per heavy atom. The van der Waals surface area contributed by atoms with E-state index in [0.29, 0.717) is 0 Å². The van der Waals surface area contributed by atoms with E-state index in [1.165, 1.54) is 25.7 Å². The van der Waals surface area contributed by atoms with Gasteiger partial charge in [0.2, 0.25) is 0 Å². The zero-order valence-corrected chi connectivity index (χ0v) is 9.73. The standard InChI is InChI=1S/C8H12.2CH3.Pt/c1-2-4-6-8-7-5-3-1;;;/h1-4H,5-8H2;2*1H3;/q;2*-1;+2. The fourth-order valence-electron chi connectivity index (χ4n) is 0.874. The first-order chi connectivity index (χ1) is 4.00. The average Bonchev–Trinajstić information content (AvgIpc) is 1.62. The first-order valence-electron chi connectivity index (χ1n) is 3.32. The van der Waals surface area contributed by atoms with Crippen LogP contribution in [0.5, 0.6) is 0 Å². The summed E-state index contributed by atoms with van der Waals surface area (Å²) in [5.41, 5.74) is 0. The number of rotatable bonds is 0. The molecule has 0 fully saturated rings. The van der Waals surface area contributed by atoms with Gasteiger partial charge in [-0.15, -0.1) is 0 Å². The summed E-state index contributed by atoms with van der Waals surface area (Å²) in [6.07, 6.45) is 14.0. The van der Waals surface area contributed by atoms with Gasteiger partial charge in [0.15, 0.2) is 0 Å². The zero-order chi connectivity index (χ0) is 5.66. The van der Waals surface area contributed by atoms with E-state index >= 15 is 0 Å². The molecule has 0 heterocycles. The Bertz CT molecular complexity index is 89.4. The van der Waals surface area contributed by atoms with E-state index in [2.05, 4.69) is 24.3 Å². The van der Waals surface area contributed by atoms with Crippen LogP contribution in [0.25, 0.3) is 0 Å². The van der Waals surface area contributed by atoms with E-state index in [-0.39, 0.29) is 35.9 Å². The Kier molecular flexibility index (Phi) is 20.2. The van der Waals surface area contributed by atoms with Crippen molar-refractivity contribution in [3.8, 4) is 0 Å². The summed E-state index contributed by atoms with van der Waals surface area (Å²) in [6, 6.07) is 0. The zero-order valence-electron chi connectivity index (χ0n) is 7.45. The van der Waals surface area contributed by atoms with Gasteiger partial charge in [0.25, 0.3) is 0 Å². The van der Waals surface area contributed by atoms with Crippen LogP contribution in [0.15, 0.2) is 24.3 Å². The van der Waals surface area contributed by atoms with Crippen LogP contribution in [0.1, 0.15) is 25.7 Å². The molecule has 0 aromatic heterocycles. The van der Waals surface area contributed by atoms with Crippen molar-refractivity contribution in [2.75, 3.05) is 0 Å². The molecule has 0 nitrogen and oxygen atoms in total. The van der Waals surface area contributed by atoms with Gasteiger partial charge in [-0.3, -0.25) is 0 Å². The van der Waals surface area contributed by atoms with Crippen LogP contribution in [0, 0.1) is 14.9 Å². The largest absolute Gasteiger partial charge is 2.00 e. The van der Waals surface area contributed by atoms with E-state index in [4.69, 9.17) is 0 Å². The fraction of sp³-hybridized carbons (Fsp3) is 0.400. The van der Waals surface area contributed by atoms with Crippen molar-refractivity contribution in [2.45, 2.75) is 25.7 Å². The van der Waals surface area contributed by atoms with Crippen molar-refractivity contribution in [1.82, 2.24) is 0 Å². The maximum Gasteiger partial charge on any atom is 2.00 e. The molecule has 0 bridgehead atoms. The van der Waals surface area contributed by atoms with Gasteiger partial charge in [-0.05, 0) is 25.7 Å². The molecule has 1 aliphatic carbocycles. The van der Waals surface area contributed by atoms with E-state index in [0.717, 1.165) is 0 Å². The normalized spacial score (nSPS) is 14.5. The van der Waals surface area contributed by atoms with Crippen LogP contribution >= 0.6 is 0 Å². The second-order valence-corrected chi connectivity index (χ2v) is 2.14. The summed E-state index contributed by atoms with van der Waals surface area (Å²) in [7, 11) is 0. The molecule has 1 aliphatic rings. The number of hydrogen-bond donors (Lipinski definition) is 0. The molecule has 11 heavy (non-hydrogen) atoms. The third-order valence-electron chi connectivity index (χ3n) is 1.37. The maximum atomic E-state index is 2.23. The average molecular weight is 333 g/mol. The van der Waals surface area contributed by atoms with E-state index in [9.17, 15) is 0 Å². The molecule has 68 valence electrons. The van der Waals surface area contributed by atoms with Crippen LogP contribution in [0.3, 0.4) is 0 Å². The molecule has 0 unspecified atom stereocenters. The topological polar surface area (TPSA) is 0 Å². The van der Waals surface area contributed by atoms with Gasteiger partial charge in [0, 0.05) is 0 Å². The van der Waals surface area contributed by atoms with Gasteiger partial charge in [0.1, 0.15) is 0 Å². The van der Waals surface area contributed by atoms with Crippen LogP contribution in [0.2, 0.25) is 0 Å². The molecule has 0 N–H and O–H groups in total. The van der Waals surface area contributed by atoms with Gasteiger partial charge in [-0.1, -0.05) is 24.3 Å². The van der Waals surface area contributed by atoms with Crippen molar-refractivity contribution < 1.29 is 21.1 Å². The molecule has 1 heteroatoms. The summed E-state index contributed by atoms with van der Waals surface area (Å²) in [5, 5.41) is 0. The quantitative estimate of drug-likeness (QED) is 0.595. The molecule has 0 atom stereocenters. The summed E-state index contributed by atoms with van der Waals surface area (Å²) >= 11 is 0. The minimum absolute atomic E-state index is 0. The second-order valence-electron chi connectivity index (χ2n) is 2.14. The van der Waals surface area contributed by atoms with Crippen LogP contribution in [0.4, 0.5) is 0 Å². The summed E-state index contributed by atoms with van der Waals surface area (Å²) in [4.78, 5) is 0. The van der Waals surface area contributed by atoms with Gasteiger partial charge in [-0.2, -0.15) is 0 Å². The molecule has 0 spiro atoms. The van der Waals surface area contributed by atoms with E-state index < -0.39 is 0 Å². The predicted octanol–water partition coefficient (Wildman–Crippen LogP) is 3.57. The monoisotopic (exact) mass is 333 g/mol. The molecule has 0 saturated carbocycles. The van der Waals surface area contributed by atoms with E-state index in [1.807, 2.05) is 0 Å². The molecular weight excluding hydrogens is 315 g/mol. The molecule has 0 amide bonds. The second kappa shape index (κ2) is 12.8. The van der Waals surface area contributed by atoms with Crippen LogP contribution < -0.4 is 0 Å². The molecular formula is C10H18Pt. The smallest absolute Gasteiger partial charge is 0.358 e. The third kappa shape index (κ3) is 10.2. The van der Waals surface area contributed by atoms with Crippen molar-refractivity contribution in [3.63, 3.8) is 0 Å². The SMILES string of the molecule is C1=CCCCCC=C1.[CH3-].[CH3-].[Pt+2]. The van der Waals surface area contributed by atoms with Gasteiger partial charge >= 0.3 is 21.1 Å². The fourth-order valence-corrected chi connectivity index (χ4v) is 0.874. The Morgan fingerprint density at radius 1 is 0.727 bits per heavy atom. The molecule has 0 aromatic carbocycles. The third-order valence-corrected chi connectivity index (χ3v) is 1.37. The van der Waals surface area contributed by atoms with Crippen molar-refractivity contribution in [2.24, 2.45) is 0 Å². The van der Waals surface area contributed by atoms with Gasteiger partial charge in [0.05, 0.1) is 0 Å². The van der Waals surface area contributed by atoms with Crippen LogP contribution in [-0.2, 0) is 21.1 Å². The summed E-state index contributed by atoms with van der Waals surface area (Å²) in [5.74, 6) is 0. The Balaban J connectivity index is -0.000000213. The molecule has 0 aliphatic heterocycles. The first kappa shape index (κ1) is 17.3. The van der Waals surface area contributed by atoms with Crippen LogP contribution in [-0.4, -0.2) is 0 Å². The molecule has 1 rings (SSSR count). The van der Waals surface area contributed by atoms with Crippen molar-refractivity contribution in [3.05, 3.63) is 39.2 Å². The first-order valence-corrected chi connectivity index (χ1v) is 3.32. The number of allylic oxidation sites excluding steroid dienone is 4. The summed E-state index contributed by atoms with van der Waals surface area (Å²) < 4.78 is 0. The predicted molar refractivity (Wildman–Crippen MR) is 49.6 cm³/mol. The molecule has 0 radical (unpaired) electrons. The summed E-state index contributed by atoms with van der Waals surface area (Å²) in [6.45, 7) is 0. The molecule has 0 saturated heterocycles. The number of hydrogen-bond acceptors (Lipinski definition) is 0. The van der Waals surface area contributed by atoms with Crippen molar-refractivity contribution >= 4 is 0 Å².